The van der Waals surface area contributed by atoms with Crippen LogP contribution in [-0.2, 0) is 9.53 Å². The number of H-pyrrole nitrogens is 1. The van der Waals surface area contributed by atoms with Gasteiger partial charge in [0.2, 0.25) is 0 Å². The first-order valence-corrected chi connectivity index (χ1v) is 10.4. The molecule has 0 aliphatic heterocycles. The molecule has 1 unspecified atom stereocenters. The van der Waals surface area contributed by atoms with Crippen LogP contribution in [0.5, 0.6) is 0 Å². The van der Waals surface area contributed by atoms with Crippen LogP contribution in [0, 0.1) is 31.6 Å². The third kappa shape index (κ3) is 3.27. The van der Waals surface area contributed by atoms with E-state index in [2.05, 4.69) is 10.3 Å². The van der Waals surface area contributed by atoms with Crippen LogP contribution in [0.2, 0.25) is 0 Å². The monoisotopic (exact) mass is 386 g/mol. The number of hydrogen-bond acceptors (Lipinski definition) is 4. The van der Waals surface area contributed by atoms with Gasteiger partial charge in [0.25, 0.3) is 5.91 Å². The van der Waals surface area contributed by atoms with E-state index in [4.69, 9.17) is 4.74 Å². The van der Waals surface area contributed by atoms with E-state index < -0.39 is 12.1 Å². The fourth-order valence-corrected chi connectivity index (χ4v) is 6.38. The zero-order valence-corrected chi connectivity index (χ0v) is 17.2. The maximum absolute atomic E-state index is 12.8. The summed E-state index contributed by atoms with van der Waals surface area (Å²) in [6.07, 6.45) is 6.23. The number of aromatic amines is 1. The Bertz CT molecular complexity index is 803. The minimum Gasteiger partial charge on any atom is -0.448 e. The van der Waals surface area contributed by atoms with Crippen LogP contribution >= 0.6 is 0 Å². The predicted molar refractivity (Wildman–Crippen MR) is 104 cm³/mol. The Balaban J connectivity index is 1.42. The summed E-state index contributed by atoms with van der Waals surface area (Å²) >= 11 is 0. The van der Waals surface area contributed by atoms with Crippen molar-refractivity contribution in [1.82, 2.24) is 10.3 Å². The van der Waals surface area contributed by atoms with E-state index in [9.17, 15) is 14.4 Å². The second-order valence-electron chi connectivity index (χ2n) is 9.42. The minimum atomic E-state index is -0.871. The number of aromatic nitrogens is 1. The van der Waals surface area contributed by atoms with Crippen LogP contribution in [0.3, 0.4) is 0 Å². The molecule has 6 nitrogen and oxygen atoms in total. The summed E-state index contributed by atoms with van der Waals surface area (Å²) in [6.45, 7) is 6.56. The molecule has 4 saturated carbocycles. The summed E-state index contributed by atoms with van der Waals surface area (Å²) in [5.41, 5.74) is 1.87. The molecule has 5 rings (SSSR count). The number of carbonyl (C=O) groups excluding carboxylic acids is 3. The van der Waals surface area contributed by atoms with Crippen LogP contribution in [0.25, 0.3) is 0 Å². The number of rotatable bonds is 5. The lowest BCUT2D eigenvalue weighted by atomic mass is 9.53. The zero-order valence-electron chi connectivity index (χ0n) is 17.2. The molecule has 0 saturated heterocycles. The van der Waals surface area contributed by atoms with Crippen molar-refractivity contribution in [1.29, 1.82) is 0 Å². The summed E-state index contributed by atoms with van der Waals surface area (Å²) in [5, 5.41) is 3.25. The topological polar surface area (TPSA) is 88.3 Å². The van der Waals surface area contributed by atoms with E-state index in [0.29, 0.717) is 16.8 Å². The third-order valence-corrected chi connectivity index (χ3v) is 7.07. The number of hydrogen-bond donors (Lipinski definition) is 2. The second kappa shape index (κ2) is 6.75. The fraction of sp³-hybridized carbons (Fsp3) is 0.682. The van der Waals surface area contributed by atoms with Crippen LogP contribution in [0.15, 0.2) is 0 Å². The van der Waals surface area contributed by atoms with Gasteiger partial charge < -0.3 is 15.0 Å². The van der Waals surface area contributed by atoms with Crippen molar-refractivity contribution >= 4 is 17.7 Å². The molecule has 4 aliphatic carbocycles. The van der Waals surface area contributed by atoms with E-state index in [-0.39, 0.29) is 22.9 Å². The Labute approximate surface area is 165 Å². The number of carbonyl (C=O) groups is 3. The summed E-state index contributed by atoms with van der Waals surface area (Å²) in [4.78, 5) is 40.1. The van der Waals surface area contributed by atoms with Crippen molar-refractivity contribution < 1.29 is 19.1 Å². The van der Waals surface area contributed by atoms with E-state index in [1.807, 2.05) is 0 Å². The Morgan fingerprint density at radius 1 is 1.07 bits per heavy atom. The van der Waals surface area contributed by atoms with Crippen molar-refractivity contribution in [3.63, 3.8) is 0 Å². The Hall–Kier alpha value is -2.11. The lowest BCUT2D eigenvalue weighted by Crippen LogP contribution is -2.61. The highest BCUT2D eigenvalue weighted by Gasteiger charge is 2.51. The lowest BCUT2D eigenvalue weighted by Gasteiger charge is -2.57. The van der Waals surface area contributed by atoms with E-state index in [1.54, 1.807) is 20.8 Å². The standard InChI is InChI=1S/C22H30N2O4/c1-11-18(13(3)25)12(2)23-19(11)21(27)28-14(4)20(26)24-22-8-15-5-16(9-22)7-17(6-15)10-22/h14-17,23H,5-10H2,1-4H3,(H,24,26). The minimum absolute atomic E-state index is 0.0992. The Morgan fingerprint density at radius 2 is 1.61 bits per heavy atom. The zero-order chi connectivity index (χ0) is 20.2. The van der Waals surface area contributed by atoms with Crippen molar-refractivity contribution in [3.05, 3.63) is 22.5 Å². The number of nitrogens with one attached hydrogen (secondary N) is 2. The van der Waals surface area contributed by atoms with Crippen LogP contribution in [-0.4, -0.2) is 34.3 Å². The third-order valence-electron chi connectivity index (χ3n) is 7.07. The molecule has 4 aliphatic rings. The average molecular weight is 386 g/mol. The highest BCUT2D eigenvalue weighted by atomic mass is 16.5. The molecule has 0 radical (unpaired) electrons. The molecule has 2 N–H and O–H groups in total. The molecular weight excluding hydrogens is 356 g/mol. The van der Waals surface area contributed by atoms with Gasteiger partial charge in [-0.15, -0.1) is 0 Å². The number of esters is 1. The number of aryl methyl sites for hydroxylation is 1. The molecule has 4 fully saturated rings. The molecule has 1 amide bonds. The summed E-state index contributed by atoms with van der Waals surface area (Å²) in [5.74, 6) is 1.29. The molecule has 28 heavy (non-hydrogen) atoms. The van der Waals surface area contributed by atoms with Crippen molar-refractivity contribution in [3.8, 4) is 0 Å². The summed E-state index contributed by atoms with van der Waals surface area (Å²) in [7, 11) is 0. The molecule has 4 bridgehead atoms. The fourth-order valence-electron chi connectivity index (χ4n) is 6.38. The number of Topliss-reactive ketones (excluding diaryl/α,β-unsaturated/α-hetero) is 1. The molecule has 1 atom stereocenters. The predicted octanol–water partition coefficient (Wildman–Crippen LogP) is 3.46. The van der Waals surface area contributed by atoms with Crippen molar-refractivity contribution in [2.24, 2.45) is 17.8 Å². The van der Waals surface area contributed by atoms with E-state index in [1.165, 1.54) is 26.2 Å². The quantitative estimate of drug-likeness (QED) is 0.599. The molecule has 1 aromatic rings. The van der Waals surface area contributed by atoms with Gasteiger partial charge in [0.15, 0.2) is 11.9 Å². The van der Waals surface area contributed by atoms with E-state index in [0.717, 1.165) is 37.0 Å². The molecule has 1 heterocycles. The van der Waals surface area contributed by atoms with Crippen molar-refractivity contribution in [2.45, 2.75) is 77.9 Å². The molecule has 152 valence electrons. The highest BCUT2D eigenvalue weighted by Crippen LogP contribution is 2.55. The van der Waals surface area contributed by atoms with Gasteiger partial charge in [0.05, 0.1) is 0 Å². The van der Waals surface area contributed by atoms with E-state index >= 15 is 0 Å². The van der Waals surface area contributed by atoms with Gasteiger partial charge in [0, 0.05) is 16.8 Å². The summed E-state index contributed by atoms with van der Waals surface area (Å²) < 4.78 is 5.45. The van der Waals surface area contributed by atoms with Gasteiger partial charge in [-0.2, -0.15) is 0 Å². The first-order valence-electron chi connectivity index (χ1n) is 10.4. The number of ether oxygens (including phenoxy) is 1. The maximum Gasteiger partial charge on any atom is 0.355 e. The number of ketones is 1. The lowest BCUT2D eigenvalue weighted by molar-refractivity contribution is -0.134. The van der Waals surface area contributed by atoms with Gasteiger partial charge in [0.1, 0.15) is 5.69 Å². The summed E-state index contributed by atoms with van der Waals surface area (Å²) in [6, 6.07) is 0. The highest BCUT2D eigenvalue weighted by molar-refractivity contribution is 6.01. The molecule has 6 heteroatoms. The Kier molecular flexibility index (Phi) is 4.63. The van der Waals surface area contributed by atoms with Crippen LogP contribution in [0.4, 0.5) is 0 Å². The van der Waals surface area contributed by atoms with Gasteiger partial charge in [-0.3, -0.25) is 9.59 Å². The molecule has 1 aromatic heterocycles. The first-order chi connectivity index (χ1) is 13.2. The van der Waals surface area contributed by atoms with Gasteiger partial charge in [-0.1, -0.05) is 0 Å². The normalized spacial score (nSPS) is 31.5. The number of amides is 1. The largest absolute Gasteiger partial charge is 0.448 e. The molecule has 0 spiro atoms. The average Bonchev–Trinajstić information content (AvgIpc) is 2.87. The SMILES string of the molecule is CC(=O)c1c(C)[nH]c(C(=O)OC(C)C(=O)NC23CC4CC(CC(C4)C2)C3)c1C. The van der Waals surface area contributed by atoms with Crippen LogP contribution in [0.1, 0.15) is 84.5 Å². The Morgan fingerprint density at radius 3 is 2.07 bits per heavy atom. The maximum atomic E-state index is 12.8. The first kappa shape index (κ1) is 19.2. The van der Waals surface area contributed by atoms with Gasteiger partial charge >= 0.3 is 5.97 Å². The molecular formula is C22H30N2O4. The molecule has 0 aromatic carbocycles. The second-order valence-corrected chi connectivity index (χ2v) is 9.42. The van der Waals surface area contributed by atoms with Gasteiger partial charge in [-0.05, 0) is 89.5 Å². The smallest absolute Gasteiger partial charge is 0.355 e. The van der Waals surface area contributed by atoms with Gasteiger partial charge in [-0.25, -0.2) is 4.79 Å². The van der Waals surface area contributed by atoms with Crippen molar-refractivity contribution in [2.75, 3.05) is 0 Å². The van der Waals surface area contributed by atoms with Crippen LogP contribution < -0.4 is 5.32 Å².